The van der Waals surface area contributed by atoms with Gasteiger partial charge in [0.25, 0.3) is 0 Å². The van der Waals surface area contributed by atoms with Crippen LogP contribution in [0.5, 0.6) is 0 Å². The Balaban J connectivity index is 2.50. The van der Waals surface area contributed by atoms with Gasteiger partial charge in [0.05, 0.1) is 13.2 Å². The highest BCUT2D eigenvalue weighted by molar-refractivity contribution is 7.71. The third-order valence-corrected chi connectivity index (χ3v) is 3.37. The molecule has 0 aromatic carbocycles. The van der Waals surface area contributed by atoms with E-state index in [1.54, 1.807) is 11.7 Å². The van der Waals surface area contributed by atoms with Gasteiger partial charge < -0.3 is 4.74 Å². The van der Waals surface area contributed by atoms with Gasteiger partial charge >= 0.3 is 5.69 Å². The summed E-state index contributed by atoms with van der Waals surface area (Å²) in [5, 5.41) is 0. The van der Waals surface area contributed by atoms with Gasteiger partial charge in [0.15, 0.2) is 0 Å². The Hall–Kier alpha value is -0.940. The molecule has 5 heteroatoms. The van der Waals surface area contributed by atoms with E-state index in [0.717, 1.165) is 36.9 Å². The SMILES string of the molecule is COCCn1c2c(c(=S)[nH]c1=O)CCCC2. The van der Waals surface area contributed by atoms with Crippen molar-refractivity contribution in [1.82, 2.24) is 9.55 Å². The third-order valence-electron chi connectivity index (χ3n) is 3.02. The van der Waals surface area contributed by atoms with Gasteiger partial charge in [-0.3, -0.25) is 9.55 Å². The van der Waals surface area contributed by atoms with Gasteiger partial charge in [0.2, 0.25) is 0 Å². The minimum atomic E-state index is -0.109. The molecule has 1 aliphatic carbocycles. The molecule has 2 rings (SSSR count). The first-order valence-corrected chi connectivity index (χ1v) is 5.98. The normalized spacial score (nSPS) is 14.8. The molecule has 0 radical (unpaired) electrons. The molecule has 0 aliphatic heterocycles. The van der Waals surface area contributed by atoms with Crippen molar-refractivity contribution in [3.05, 3.63) is 26.4 Å². The average molecular weight is 240 g/mol. The van der Waals surface area contributed by atoms with E-state index in [-0.39, 0.29) is 5.69 Å². The van der Waals surface area contributed by atoms with Gasteiger partial charge in [-0.15, -0.1) is 0 Å². The summed E-state index contributed by atoms with van der Waals surface area (Å²) < 4.78 is 7.41. The van der Waals surface area contributed by atoms with Gasteiger partial charge in [-0.1, -0.05) is 12.2 Å². The van der Waals surface area contributed by atoms with Crippen molar-refractivity contribution >= 4 is 12.2 Å². The fourth-order valence-corrected chi connectivity index (χ4v) is 2.52. The molecule has 1 aliphatic rings. The Morgan fingerprint density at radius 3 is 2.94 bits per heavy atom. The first-order chi connectivity index (χ1) is 7.74. The fraction of sp³-hybridized carbons (Fsp3) is 0.636. The molecule has 1 aromatic heterocycles. The van der Waals surface area contributed by atoms with Gasteiger partial charge in [-0.2, -0.15) is 0 Å². The topological polar surface area (TPSA) is 47.0 Å². The van der Waals surface area contributed by atoms with Crippen molar-refractivity contribution in [3.63, 3.8) is 0 Å². The Bertz CT molecular complexity index is 490. The van der Waals surface area contributed by atoms with Gasteiger partial charge in [0, 0.05) is 18.4 Å². The molecule has 1 N–H and O–H groups in total. The molecule has 0 atom stereocenters. The second-order valence-electron chi connectivity index (χ2n) is 4.04. The van der Waals surface area contributed by atoms with Gasteiger partial charge in [0.1, 0.15) is 4.64 Å². The van der Waals surface area contributed by atoms with Gasteiger partial charge in [-0.25, -0.2) is 4.79 Å². The van der Waals surface area contributed by atoms with E-state index in [4.69, 9.17) is 17.0 Å². The molecule has 0 saturated heterocycles. The Labute approximate surface area is 99.3 Å². The quantitative estimate of drug-likeness (QED) is 0.813. The van der Waals surface area contributed by atoms with E-state index >= 15 is 0 Å². The fourth-order valence-electron chi connectivity index (χ4n) is 2.21. The van der Waals surface area contributed by atoms with E-state index < -0.39 is 0 Å². The molecule has 0 bridgehead atoms. The second kappa shape index (κ2) is 4.93. The van der Waals surface area contributed by atoms with Crippen LogP contribution >= 0.6 is 12.2 Å². The second-order valence-corrected chi connectivity index (χ2v) is 4.44. The van der Waals surface area contributed by atoms with Gasteiger partial charge in [-0.05, 0) is 25.7 Å². The third kappa shape index (κ3) is 2.10. The summed E-state index contributed by atoms with van der Waals surface area (Å²) in [5.41, 5.74) is 2.15. The molecule has 0 saturated carbocycles. The van der Waals surface area contributed by atoms with Crippen LogP contribution in [-0.2, 0) is 24.1 Å². The van der Waals surface area contributed by atoms with Crippen LogP contribution in [0.4, 0.5) is 0 Å². The van der Waals surface area contributed by atoms with Crippen molar-refractivity contribution in [2.75, 3.05) is 13.7 Å². The van der Waals surface area contributed by atoms with Crippen LogP contribution in [0.3, 0.4) is 0 Å². The van der Waals surface area contributed by atoms with Crippen molar-refractivity contribution in [1.29, 1.82) is 0 Å². The number of nitrogens with one attached hydrogen (secondary N) is 1. The smallest absolute Gasteiger partial charge is 0.326 e. The Kier molecular flexibility index (Phi) is 3.56. The predicted octanol–water partition coefficient (Wildman–Crippen LogP) is 1.43. The summed E-state index contributed by atoms with van der Waals surface area (Å²) in [6.07, 6.45) is 4.23. The number of hydrogen-bond acceptors (Lipinski definition) is 3. The van der Waals surface area contributed by atoms with Crippen LogP contribution in [0.15, 0.2) is 4.79 Å². The number of fused-ring (bicyclic) bond motifs is 1. The maximum Gasteiger partial charge on any atom is 0.326 e. The van der Waals surface area contributed by atoms with Crippen molar-refractivity contribution in [2.24, 2.45) is 0 Å². The van der Waals surface area contributed by atoms with Crippen LogP contribution < -0.4 is 5.69 Å². The minimum absolute atomic E-state index is 0.109. The molecule has 1 aromatic rings. The molecule has 16 heavy (non-hydrogen) atoms. The van der Waals surface area contributed by atoms with E-state index in [2.05, 4.69) is 4.98 Å². The predicted molar refractivity (Wildman–Crippen MR) is 64.4 cm³/mol. The Morgan fingerprint density at radius 2 is 2.19 bits per heavy atom. The molecular formula is C11H16N2O2S. The highest BCUT2D eigenvalue weighted by Gasteiger charge is 2.16. The number of ether oxygens (including phenoxy) is 1. The zero-order chi connectivity index (χ0) is 11.5. The van der Waals surface area contributed by atoms with E-state index in [0.29, 0.717) is 17.8 Å². The lowest BCUT2D eigenvalue weighted by molar-refractivity contribution is 0.184. The number of aromatic nitrogens is 2. The molecule has 0 fully saturated rings. The van der Waals surface area contributed by atoms with Crippen molar-refractivity contribution < 1.29 is 4.74 Å². The Morgan fingerprint density at radius 1 is 1.44 bits per heavy atom. The molecule has 88 valence electrons. The largest absolute Gasteiger partial charge is 0.383 e. The summed E-state index contributed by atoms with van der Waals surface area (Å²) in [4.78, 5) is 14.5. The number of hydrogen-bond donors (Lipinski definition) is 1. The summed E-state index contributed by atoms with van der Waals surface area (Å²) in [6.45, 7) is 1.15. The first kappa shape index (κ1) is 11.5. The summed E-state index contributed by atoms with van der Waals surface area (Å²) >= 11 is 5.20. The molecular weight excluding hydrogens is 224 g/mol. The standard InChI is InChI=1S/C11H16N2O2S/c1-15-7-6-13-9-5-3-2-4-8(9)10(16)12-11(13)14/h2-7H2,1H3,(H,12,14,16). The number of methoxy groups -OCH3 is 1. The highest BCUT2D eigenvalue weighted by Crippen LogP contribution is 2.19. The number of aromatic amines is 1. The van der Waals surface area contributed by atoms with Crippen LogP contribution in [0.25, 0.3) is 0 Å². The molecule has 4 nitrogen and oxygen atoms in total. The summed E-state index contributed by atoms with van der Waals surface area (Å²) in [5.74, 6) is 0. The zero-order valence-corrected chi connectivity index (χ0v) is 10.2. The lowest BCUT2D eigenvalue weighted by Gasteiger charge is -2.20. The number of nitrogens with zero attached hydrogens (tertiary/aromatic N) is 1. The summed E-state index contributed by atoms with van der Waals surface area (Å²) in [7, 11) is 1.64. The van der Waals surface area contributed by atoms with Crippen LogP contribution in [0, 0.1) is 4.64 Å². The first-order valence-electron chi connectivity index (χ1n) is 5.58. The highest BCUT2D eigenvalue weighted by atomic mass is 32.1. The molecule has 0 spiro atoms. The molecule has 1 heterocycles. The summed E-state index contributed by atoms with van der Waals surface area (Å²) in [6, 6.07) is 0. The number of H-pyrrole nitrogens is 1. The lowest BCUT2D eigenvalue weighted by Crippen LogP contribution is -2.30. The molecule has 0 unspecified atom stereocenters. The van der Waals surface area contributed by atoms with Crippen LogP contribution in [0.2, 0.25) is 0 Å². The maximum absolute atomic E-state index is 11.8. The average Bonchev–Trinajstić information content (AvgIpc) is 2.29. The van der Waals surface area contributed by atoms with E-state index in [1.807, 2.05) is 0 Å². The minimum Gasteiger partial charge on any atom is -0.383 e. The van der Waals surface area contributed by atoms with Crippen LogP contribution in [0.1, 0.15) is 24.1 Å². The molecule has 0 amide bonds. The monoisotopic (exact) mass is 240 g/mol. The van der Waals surface area contributed by atoms with E-state index in [9.17, 15) is 4.79 Å². The lowest BCUT2D eigenvalue weighted by atomic mass is 9.97. The van der Waals surface area contributed by atoms with Crippen LogP contribution in [-0.4, -0.2) is 23.3 Å². The zero-order valence-electron chi connectivity index (χ0n) is 9.41. The van der Waals surface area contributed by atoms with E-state index in [1.165, 1.54) is 0 Å². The van der Waals surface area contributed by atoms with Crippen molar-refractivity contribution in [3.8, 4) is 0 Å². The van der Waals surface area contributed by atoms with Crippen molar-refractivity contribution in [2.45, 2.75) is 32.2 Å². The maximum atomic E-state index is 11.8. The number of rotatable bonds is 3.